The molecule has 138 valence electrons. The van der Waals surface area contributed by atoms with E-state index in [-0.39, 0.29) is 23.8 Å². The number of carbonyl (C=O) groups excluding carboxylic acids is 1. The molecule has 0 bridgehead atoms. The fraction of sp³-hybridized carbons (Fsp3) is 0.333. The average molecular weight is 361 g/mol. The van der Waals surface area contributed by atoms with E-state index in [2.05, 4.69) is 10.4 Å². The number of halogens is 1. The number of carbonyl (C=O) groups is 2. The van der Waals surface area contributed by atoms with Crippen molar-refractivity contribution in [3.8, 4) is 5.69 Å². The van der Waals surface area contributed by atoms with E-state index >= 15 is 0 Å². The van der Waals surface area contributed by atoms with Gasteiger partial charge in [0.1, 0.15) is 17.2 Å². The van der Waals surface area contributed by atoms with E-state index in [0.717, 1.165) is 10.7 Å². The Morgan fingerprint density at radius 1 is 1.23 bits per heavy atom. The number of carboxylic acid groups (broad SMARTS) is 1. The summed E-state index contributed by atoms with van der Waals surface area (Å²) >= 11 is 0. The first-order valence-corrected chi connectivity index (χ1v) is 8.16. The Bertz CT molecular complexity index is 864. The van der Waals surface area contributed by atoms with Gasteiger partial charge in [-0.05, 0) is 30.5 Å². The molecule has 0 aliphatic heterocycles. The van der Waals surface area contributed by atoms with Crippen molar-refractivity contribution in [3.63, 3.8) is 0 Å². The van der Waals surface area contributed by atoms with Crippen LogP contribution in [0.5, 0.6) is 0 Å². The fourth-order valence-corrected chi connectivity index (χ4v) is 2.48. The van der Waals surface area contributed by atoms with Gasteiger partial charge in [-0.15, -0.1) is 0 Å². The van der Waals surface area contributed by atoms with Crippen LogP contribution in [0.4, 0.5) is 4.39 Å². The van der Waals surface area contributed by atoms with Crippen LogP contribution in [-0.2, 0) is 4.79 Å². The molecule has 1 unspecified atom stereocenters. The normalized spacial score (nSPS) is 12.0. The van der Waals surface area contributed by atoms with Crippen LogP contribution >= 0.6 is 0 Å². The van der Waals surface area contributed by atoms with E-state index in [4.69, 9.17) is 0 Å². The third-order valence-electron chi connectivity index (χ3n) is 3.73. The molecule has 0 aliphatic carbocycles. The molecule has 0 spiro atoms. The number of hydrogen-bond acceptors (Lipinski definition) is 4. The maximum atomic E-state index is 13.9. The first-order valence-electron chi connectivity index (χ1n) is 8.16. The summed E-state index contributed by atoms with van der Waals surface area (Å²) in [7, 11) is 0. The molecule has 0 radical (unpaired) electrons. The van der Waals surface area contributed by atoms with Crippen molar-refractivity contribution in [2.24, 2.45) is 11.8 Å². The maximum absolute atomic E-state index is 13.9. The van der Waals surface area contributed by atoms with Gasteiger partial charge in [0.2, 0.25) is 0 Å². The predicted molar refractivity (Wildman–Crippen MR) is 92.7 cm³/mol. The second-order valence-corrected chi connectivity index (χ2v) is 6.29. The third-order valence-corrected chi connectivity index (χ3v) is 3.73. The number of amides is 1. The molecular formula is C18H20FN3O4. The summed E-state index contributed by atoms with van der Waals surface area (Å²) in [5.74, 6) is -2.85. The molecule has 1 amide bonds. The Morgan fingerprint density at radius 3 is 2.54 bits per heavy atom. The summed E-state index contributed by atoms with van der Waals surface area (Å²) in [5, 5.41) is 15.6. The highest BCUT2D eigenvalue weighted by Gasteiger charge is 2.21. The molecule has 1 heterocycles. The minimum absolute atomic E-state index is 0.0626. The van der Waals surface area contributed by atoms with Gasteiger partial charge in [0.15, 0.2) is 0 Å². The SMILES string of the molecule is CC(C)CC(CNC(=O)c1ccc(=O)n(-c2ccccc2F)n1)C(=O)O. The van der Waals surface area contributed by atoms with Crippen LogP contribution in [0, 0.1) is 17.7 Å². The minimum Gasteiger partial charge on any atom is -0.481 e. The van der Waals surface area contributed by atoms with Crippen molar-refractivity contribution in [1.29, 1.82) is 0 Å². The molecule has 0 fully saturated rings. The zero-order valence-electron chi connectivity index (χ0n) is 14.5. The predicted octanol–water partition coefficient (Wildman–Crippen LogP) is 1.85. The van der Waals surface area contributed by atoms with E-state index in [0.29, 0.717) is 6.42 Å². The van der Waals surface area contributed by atoms with Gasteiger partial charge < -0.3 is 10.4 Å². The molecule has 0 aliphatic rings. The number of para-hydroxylation sites is 1. The highest BCUT2D eigenvalue weighted by molar-refractivity contribution is 5.92. The number of rotatable bonds is 7. The van der Waals surface area contributed by atoms with Crippen molar-refractivity contribution >= 4 is 11.9 Å². The Hall–Kier alpha value is -3.03. The van der Waals surface area contributed by atoms with Gasteiger partial charge in [-0.1, -0.05) is 26.0 Å². The van der Waals surface area contributed by atoms with Crippen LogP contribution in [-0.4, -0.2) is 33.3 Å². The van der Waals surface area contributed by atoms with Crippen LogP contribution in [0.1, 0.15) is 30.8 Å². The molecule has 8 heteroatoms. The Kier molecular flexibility index (Phi) is 6.21. The molecule has 2 aromatic rings. The van der Waals surface area contributed by atoms with E-state index in [9.17, 15) is 23.9 Å². The Morgan fingerprint density at radius 2 is 1.92 bits per heavy atom. The molecule has 2 rings (SSSR count). The van der Waals surface area contributed by atoms with E-state index in [1.54, 1.807) is 6.07 Å². The van der Waals surface area contributed by atoms with Gasteiger partial charge in [-0.2, -0.15) is 9.78 Å². The number of aromatic nitrogens is 2. The number of nitrogens with one attached hydrogen (secondary N) is 1. The molecular weight excluding hydrogens is 341 g/mol. The first kappa shape index (κ1) is 19.3. The van der Waals surface area contributed by atoms with Crippen molar-refractivity contribution < 1.29 is 19.1 Å². The summed E-state index contributed by atoms with van der Waals surface area (Å²) in [5.41, 5.74) is -0.772. The zero-order valence-corrected chi connectivity index (χ0v) is 14.5. The smallest absolute Gasteiger partial charge is 0.308 e. The van der Waals surface area contributed by atoms with Gasteiger partial charge in [-0.25, -0.2) is 4.39 Å². The fourth-order valence-electron chi connectivity index (χ4n) is 2.48. The van der Waals surface area contributed by atoms with Crippen LogP contribution in [0.15, 0.2) is 41.2 Å². The molecule has 2 N–H and O–H groups in total. The monoisotopic (exact) mass is 361 g/mol. The topological polar surface area (TPSA) is 101 Å². The second kappa shape index (κ2) is 8.37. The molecule has 1 aromatic heterocycles. The minimum atomic E-state index is -0.997. The first-order chi connectivity index (χ1) is 12.3. The van der Waals surface area contributed by atoms with Crippen LogP contribution in [0.3, 0.4) is 0 Å². The Balaban J connectivity index is 2.20. The highest BCUT2D eigenvalue weighted by Crippen LogP contribution is 2.12. The lowest BCUT2D eigenvalue weighted by molar-refractivity contribution is -0.142. The van der Waals surface area contributed by atoms with Gasteiger partial charge in [-0.3, -0.25) is 14.4 Å². The zero-order chi connectivity index (χ0) is 19.3. The summed E-state index contributed by atoms with van der Waals surface area (Å²) in [6.45, 7) is 3.72. The number of nitrogens with zero attached hydrogens (tertiary/aromatic N) is 2. The largest absolute Gasteiger partial charge is 0.481 e. The number of carboxylic acids is 1. The maximum Gasteiger partial charge on any atom is 0.308 e. The molecule has 7 nitrogen and oxygen atoms in total. The van der Waals surface area contributed by atoms with Crippen molar-refractivity contribution in [2.75, 3.05) is 6.54 Å². The summed E-state index contributed by atoms with van der Waals surface area (Å²) in [6, 6.07) is 7.89. The number of benzene rings is 1. The summed E-state index contributed by atoms with van der Waals surface area (Å²) in [6.07, 6.45) is 0.414. The van der Waals surface area contributed by atoms with Gasteiger partial charge in [0, 0.05) is 12.6 Å². The standard InChI is InChI=1S/C18H20FN3O4/c1-11(2)9-12(18(25)26)10-20-17(24)14-7-8-16(23)22(21-14)15-6-4-3-5-13(15)19/h3-8,11-12H,9-10H2,1-2H3,(H,20,24)(H,25,26). The Labute approximate surface area is 149 Å². The molecule has 0 saturated carbocycles. The van der Waals surface area contributed by atoms with Crippen molar-refractivity contribution in [1.82, 2.24) is 15.1 Å². The van der Waals surface area contributed by atoms with Crippen LogP contribution < -0.4 is 10.9 Å². The second-order valence-electron chi connectivity index (χ2n) is 6.29. The summed E-state index contributed by atoms with van der Waals surface area (Å²) < 4.78 is 14.7. The van der Waals surface area contributed by atoms with Crippen molar-refractivity contribution in [3.05, 3.63) is 58.3 Å². The molecule has 26 heavy (non-hydrogen) atoms. The van der Waals surface area contributed by atoms with Crippen LogP contribution in [0.2, 0.25) is 0 Å². The van der Waals surface area contributed by atoms with Gasteiger partial charge >= 0.3 is 5.97 Å². The third kappa shape index (κ3) is 4.75. The van der Waals surface area contributed by atoms with E-state index < -0.39 is 29.2 Å². The average Bonchev–Trinajstić information content (AvgIpc) is 2.59. The number of aliphatic carboxylic acids is 1. The number of hydrogen-bond donors (Lipinski definition) is 2. The van der Waals surface area contributed by atoms with Gasteiger partial charge in [0.05, 0.1) is 5.92 Å². The lowest BCUT2D eigenvalue weighted by atomic mass is 9.97. The van der Waals surface area contributed by atoms with E-state index in [1.807, 2.05) is 13.8 Å². The molecule has 1 aromatic carbocycles. The van der Waals surface area contributed by atoms with Crippen LogP contribution in [0.25, 0.3) is 5.69 Å². The summed E-state index contributed by atoms with van der Waals surface area (Å²) in [4.78, 5) is 35.5. The highest BCUT2D eigenvalue weighted by atomic mass is 19.1. The molecule has 0 saturated heterocycles. The van der Waals surface area contributed by atoms with Gasteiger partial charge in [0.25, 0.3) is 11.5 Å². The van der Waals surface area contributed by atoms with Crippen molar-refractivity contribution in [2.45, 2.75) is 20.3 Å². The quantitative estimate of drug-likeness (QED) is 0.784. The van der Waals surface area contributed by atoms with E-state index in [1.165, 1.54) is 24.3 Å². The lowest BCUT2D eigenvalue weighted by Crippen LogP contribution is -2.35. The lowest BCUT2D eigenvalue weighted by Gasteiger charge is -2.15. The molecule has 1 atom stereocenters.